The molecule has 6 heteroatoms. The number of hydrogen-bond donors (Lipinski definition) is 0. The Morgan fingerprint density at radius 1 is 1.16 bits per heavy atom. The van der Waals surface area contributed by atoms with E-state index in [1.54, 1.807) is 6.07 Å². The number of rotatable bonds is 3. The Morgan fingerprint density at radius 2 is 1.92 bits per heavy atom. The van der Waals surface area contributed by atoms with Crippen molar-refractivity contribution in [1.82, 2.24) is 19.9 Å². The minimum atomic E-state index is -0.322. The summed E-state index contributed by atoms with van der Waals surface area (Å²) in [6, 6.07) is 5.04. The third-order valence-electron chi connectivity index (χ3n) is 5.05. The molecule has 0 bridgehead atoms. The first-order chi connectivity index (χ1) is 12.1. The fourth-order valence-electron chi connectivity index (χ4n) is 3.73. The molecule has 1 saturated carbocycles. The lowest BCUT2D eigenvalue weighted by Crippen LogP contribution is -2.03. The van der Waals surface area contributed by atoms with Crippen LogP contribution in [0.1, 0.15) is 75.8 Å². The van der Waals surface area contributed by atoms with Gasteiger partial charge in [-0.15, -0.1) is 0 Å². The molecule has 2 aromatic heterocycles. The fourth-order valence-corrected chi connectivity index (χ4v) is 3.73. The van der Waals surface area contributed by atoms with Crippen molar-refractivity contribution in [1.29, 1.82) is 0 Å². The summed E-state index contributed by atoms with van der Waals surface area (Å²) in [5.41, 5.74) is 1.26. The van der Waals surface area contributed by atoms with Crippen molar-refractivity contribution in [2.75, 3.05) is 0 Å². The molecule has 1 fully saturated rings. The maximum Gasteiger partial charge on any atom is 0.291 e. The van der Waals surface area contributed by atoms with Gasteiger partial charge in [-0.25, -0.2) is 4.39 Å². The first-order valence-electron chi connectivity index (χ1n) is 9.16. The molecule has 25 heavy (non-hydrogen) atoms. The van der Waals surface area contributed by atoms with E-state index in [4.69, 9.17) is 4.52 Å². The molecule has 0 spiro atoms. The number of halogens is 1. The normalized spacial score (nSPS) is 16.6. The molecule has 0 amide bonds. The van der Waals surface area contributed by atoms with Crippen molar-refractivity contribution in [2.45, 2.75) is 64.2 Å². The van der Waals surface area contributed by atoms with Crippen LogP contribution in [0, 0.1) is 5.82 Å². The molecule has 132 valence electrons. The van der Waals surface area contributed by atoms with Crippen molar-refractivity contribution in [3.63, 3.8) is 0 Å². The van der Waals surface area contributed by atoms with E-state index in [9.17, 15) is 4.39 Å². The Hall–Kier alpha value is -2.24. The van der Waals surface area contributed by atoms with E-state index < -0.39 is 0 Å². The van der Waals surface area contributed by atoms with Gasteiger partial charge in [-0.3, -0.25) is 0 Å². The molecule has 2 heterocycles. The Bertz CT molecular complexity index is 875. The van der Waals surface area contributed by atoms with E-state index >= 15 is 0 Å². The average molecular weight is 342 g/mol. The van der Waals surface area contributed by atoms with Crippen molar-refractivity contribution >= 4 is 10.9 Å². The van der Waals surface area contributed by atoms with Crippen molar-refractivity contribution in [3.8, 4) is 5.95 Å². The molecule has 1 aliphatic rings. The lowest BCUT2D eigenvalue weighted by atomic mass is 10.0. The van der Waals surface area contributed by atoms with Gasteiger partial charge in [0.2, 0.25) is 5.89 Å². The molecule has 0 saturated heterocycles. The summed E-state index contributed by atoms with van der Waals surface area (Å²) in [6.07, 6.45) is 7.08. The van der Waals surface area contributed by atoms with Gasteiger partial charge in [0, 0.05) is 11.3 Å². The molecule has 0 radical (unpaired) electrons. The Labute approximate surface area is 146 Å². The number of benzene rings is 1. The van der Waals surface area contributed by atoms with Gasteiger partial charge in [0.05, 0.1) is 5.69 Å². The van der Waals surface area contributed by atoms with Gasteiger partial charge >= 0.3 is 0 Å². The maximum atomic E-state index is 14.5. The van der Waals surface area contributed by atoms with Crippen LogP contribution in [0.4, 0.5) is 4.39 Å². The van der Waals surface area contributed by atoms with E-state index in [2.05, 4.69) is 15.2 Å². The van der Waals surface area contributed by atoms with Crippen LogP contribution in [0.3, 0.4) is 0 Å². The van der Waals surface area contributed by atoms with Gasteiger partial charge in [-0.05, 0) is 30.0 Å². The van der Waals surface area contributed by atoms with E-state index in [-0.39, 0.29) is 11.7 Å². The Balaban J connectivity index is 1.77. The van der Waals surface area contributed by atoms with Gasteiger partial charge in [0.15, 0.2) is 0 Å². The van der Waals surface area contributed by atoms with Crippen LogP contribution in [-0.4, -0.2) is 19.9 Å². The summed E-state index contributed by atoms with van der Waals surface area (Å²) < 4.78 is 21.5. The van der Waals surface area contributed by atoms with Crippen molar-refractivity contribution in [3.05, 3.63) is 35.6 Å². The third-order valence-corrected chi connectivity index (χ3v) is 5.05. The molecule has 0 atom stereocenters. The smallest absolute Gasteiger partial charge is 0.291 e. The molecule has 1 aliphatic carbocycles. The third kappa shape index (κ3) is 2.94. The lowest BCUT2D eigenvalue weighted by Gasteiger charge is -2.06. The molecule has 5 nitrogen and oxygen atoms in total. The van der Waals surface area contributed by atoms with E-state index in [1.165, 1.54) is 36.4 Å². The van der Waals surface area contributed by atoms with Crippen LogP contribution in [0.25, 0.3) is 16.9 Å². The lowest BCUT2D eigenvalue weighted by molar-refractivity contribution is 0.338. The highest BCUT2D eigenvalue weighted by molar-refractivity contribution is 5.84. The van der Waals surface area contributed by atoms with E-state index in [0.717, 1.165) is 23.9 Å². The van der Waals surface area contributed by atoms with Gasteiger partial charge in [-0.2, -0.15) is 14.8 Å². The molecule has 4 rings (SSSR count). The summed E-state index contributed by atoms with van der Waals surface area (Å²) in [6.45, 7) is 4.09. The van der Waals surface area contributed by atoms with Crippen LogP contribution in [-0.2, 0) is 0 Å². The maximum absolute atomic E-state index is 14.5. The van der Waals surface area contributed by atoms with Crippen LogP contribution in [0.2, 0.25) is 0 Å². The van der Waals surface area contributed by atoms with Gasteiger partial charge in [0.1, 0.15) is 11.3 Å². The van der Waals surface area contributed by atoms with Crippen LogP contribution in [0.15, 0.2) is 22.7 Å². The zero-order valence-corrected chi connectivity index (χ0v) is 14.7. The summed E-state index contributed by atoms with van der Waals surface area (Å²) in [7, 11) is 0. The largest absolute Gasteiger partial charge is 0.337 e. The zero-order chi connectivity index (χ0) is 17.4. The number of fused-ring (bicyclic) bond motifs is 1. The van der Waals surface area contributed by atoms with Crippen LogP contribution >= 0.6 is 0 Å². The monoisotopic (exact) mass is 342 g/mol. The standard InChI is InChI=1S/C19H23FN4O/c1-12(2)16-14-10-7-11-15(20)17(14)24(22-16)19-21-18(25-23-19)13-8-5-3-4-6-9-13/h7,10-13H,3-6,8-9H2,1-2H3. The summed E-state index contributed by atoms with van der Waals surface area (Å²) in [5, 5.41) is 9.49. The minimum Gasteiger partial charge on any atom is -0.337 e. The molecule has 3 aromatic rings. The van der Waals surface area contributed by atoms with E-state index in [1.807, 2.05) is 19.9 Å². The van der Waals surface area contributed by atoms with Gasteiger partial charge in [0.25, 0.3) is 5.95 Å². The van der Waals surface area contributed by atoms with Gasteiger partial charge in [-0.1, -0.05) is 51.7 Å². The highest BCUT2D eigenvalue weighted by Crippen LogP contribution is 2.32. The topological polar surface area (TPSA) is 56.7 Å². The Morgan fingerprint density at radius 3 is 2.64 bits per heavy atom. The molecular weight excluding hydrogens is 319 g/mol. The van der Waals surface area contributed by atoms with Crippen LogP contribution < -0.4 is 0 Å². The summed E-state index contributed by atoms with van der Waals surface area (Å²) in [5.74, 6) is 1.14. The van der Waals surface area contributed by atoms with E-state index in [0.29, 0.717) is 23.3 Å². The average Bonchev–Trinajstić information content (AvgIpc) is 3.13. The SMILES string of the molecule is CC(C)c1nn(-c2noc(C3CCCCCC3)n2)c2c(F)cccc12. The summed E-state index contributed by atoms with van der Waals surface area (Å²) in [4.78, 5) is 4.57. The highest BCUT2D eigenvalue weighted by Gasteiger charge is 2.24. The first kappa shape index (κ1) is 16.2. The second kappa shape index (κ2) is 6.58. The van der Waals surface area contributed by atoms with Crippen LogP contribution in [0.5, 0.6) is 0 Å². The highest BCUT2D eigenvalue weighted by atomic mass is 19.1. The number of aromatic nitrogens is 4. The molecule has 0 aliphatic heterocycles. The number of para-hydroxylation sites is 1. The number of hydrogen-bond acceptors (Lipinski definition) is 4. The van der Waals surface area contributed by atoms with Crippen molar-refractivity contribution < 1.29 is 8.91 Å². The molecule has 1 aromatic carbocycles. The quantitative estimate of drug-likeness (QED) is 0.621. The second-order valence-electron chi connectivity index (χ2n) is 7.21. The predicted octanol–water partition coefficient (Wildman–Crippen LogP) is 5.11. The zero-order valence-electron chi connectivity index (χ0n) is 14.7. The Kier molecular flexibility index (Phi) is 4.27. The van der Waals surface area contributed by atoms with Crippen molar-refractivity contribution in [2.24, 2.45) is 0 Å². The molecular formula is C19H23FN4O. The van der Waals surface area contributed by atoms with Gasteiger partial charge < -0.3 is 4.52 Å². The first-order valence-corrected chi connectivity index (χ1v) is 9.16. The predicted molar refractivity (Wildman–Crippen MR) is 93.4 cm³/mol. The molecule has 0 N–H and O–H groups in total. The second-order valence-corrected chi connectivity index (χ2v) is 7.21. The minimum absolute atomic E-state index is 0.179. The molecule has 0 unspecified atom stereocenters. The number of nitrogens with zero attached hydrogens (tertiary/aromatic N) is 4. The summed E-state index contributed by atoms with van der Waals surface area (Å²) >= 11 is 0. The fraction of sp³-hybridized carbons (Fsp3) is 0.526.